The molecule has 0 aliphatic carbocycles. The number of hydrogen-bond acceptors (Lipinski definition) is 7. The van der Waals surface area contributed by atoms with E-state index < -0.39 is 0 Å². The van der Waals surface area contributed by atoms with Crippen LogP contribution in [0.25, 0.3) is 11.0 Å². The molecule has 0 atom stereocenters. The van der Waals surface area contributed by atoms with Crippen molar-refractivity contribution in [2.75, 3.05) is 13.2 Å². The molecule has 0 amide bonds. The number of benzene rings is 3. The molecule has 1 heterocycles. The maximum Gasteiger partial charge on any atom is 0.310 e. The standard InChI is InChI=1S/C31H31IO7/c1-3-35-29(33)14-13-22-9-5-7-11-27(22)37-19-21-15-24-17-25(39-31(24)26(32)16-21)20-38-28-12-8-6-10-23(28)18-30(34)36-4-2/h5-12,15-17H,3-4,13-14,18-20H2,1-2H3. The first-order chi connectivity index (χ1) is 19.0. The van der Waals surface area contributed by atoms with Crippen molar-refractivity contribution in [3.63, 3.8) is 0 Å². The van der Waals surface area contributed by atoms with Gasteiger partial charge in [-0.25, -0.2) is 0 Å². The van der Waals surface area contributed by atoms with E-state index in [1.54, 1.807) is 13.8 Å². The average Bonchev–Trinajstić information content (AvgIpc) is 3.35. The largest absolute Gasteiger partial charge is 0.489 e. The fourth-order valence-corrected chi connectivity index (χ4v) is 4.99. The van der Waals surface area contributed by atoms with E-state index in [-0.39, 0.29) is 25.0 Å². The Balaban J connectivity index is 1.42. The molecule has 8 heteroatoms. The molecule has 3 aromatic carbocycles. The van der Waals surface area contributed by atoms with Crippen LogP contribution in [0.3, 0.4) is 0 Å². The predicted octanol–water partition coefficient (Wildman–Crippen LogP) is 6.80. The minimum atomic E-state index is -0.289. The number of furan rings is 1. The molecule has 0 N–H and O–H groups in total. The van der Waals surface area contributed by atoms with E-state index in [4.69, 9.17) is 23.4 Å². The van der Waals surface area contributed by atoms with Crippen LogP contribution in [0, 0.1) is 3.57 Å². The summed E-state index contributed by atoms with van der Waals surface area (Å²) in [5.74, 6) is 1.55. The van der Waals surface area contributed by atoms with E-state index in [0.29, 0.717) is 44.2 Å². The summed E-state index contributed by atoms with van der Waals surface area (Å²) in [7, 11) is 0. The number of rotatable bonds is 13. The number of carbonyl (C=O) groups is 2. The number of aryl methyl sites for hydroxylation is 1. The molecule has 0 radical (unpaired) electrons. The Morgan fingerprint density at radius 2 is 1.44 bits per heavy atom. The lowest BCUT2D eigenvalue weighted by atomic mass is 10.1. The molecule has 0 aliphatic heterocycles. The van der Waals surface area contributed by atoms with Gasteiger partial charge in [0.25, 0.3) is 0 Å². The van der Waals surface area contributed by atoms with E-state index in [1.165, 1.54) is 0 Å². The summed E-state index contributed by atoms with van der Waals surface area (Å²) < 4.78 is 29.3. The van der Waals surface area contributed by atoms with E-state index in [0.717, 1.165) is 37.0 Å². The molecule has 39 heavy (non-hydrogen) atoms. The Morgan fingerprint density at radius 1 is 0.795 bits per heavy atom. The van der Waals surface area contributed by atoms with Crippen LogP contribution in [0.4, 0.5) is 0 Å². The number of para-hydroxylation sites is 2. The first-order valence-electron chi connectivity index (χ1n) is 12.9. The summed E-state index contributed by atoms with van der Waals surface area (Å²) >= 11 is 2.26. The number of esters is 2. The molecular weight excluding hydrogens is 611 g/mol. The molecule has 1 aromatic heterocycles. The fraction of sp³-hybridized carbons (Fsp3) is 0.290. The van der Waals surface area contributed by atoms with Crippen molar-refractivity contribution in [3.05, 3.63) is 92.8 Å². The Hall–Kier alpha value is -3.53. The zero-order valence-electron chi connectivity index (χ0n) is 22.0. The van der Waals surface area contributed by atoms with Crippen LogP contribution < -0.4 is 9.47 Å². The van der Waals surface area contributed by atoms with Crippen molar-refractivity contribution in [2.24, 2.45) is 0 Å². The second-order valence-corrected chi connectivity index (χ2v) is 9.95. The molecule has 4 aromatic rings. The smallest absolute Gasteiger partial charge is 0.310 e. The quantitative estimate of drug-likeness (QED) is 0.117. The first-order valence-corrected chi connectivity index (χ1v) is 14.0. The molecule has 0 fully saturated rings. The van der Waals surface area contributed by atoms with Crippen LogP contribution in [-0.4, -0.2) is 25.2 Å². The number of hydrogen-bond donors (Lipinski definition) is 0. The molecule has 0 unspecified atom stereocenters. The summed E-state index contributed by atoms with van der Waals surface area (Å²) in [6, 6.07) is 21.2. The monoisotopic (exact) mass is 642 g/mol. The van der Waals surface area contributed by atoms with Gasteiger partial charge in [0.05, 0.1) is 23.2 Å². The van der Waals surface area contributed by atoms with Gasteiger partial charge in [-0.05, 0) is 84.3 Å². The van der Waals surface area contributed by atoms with Crippen LogP contribution in [0.2, 0.25) is 0 Å². The number of carbonyl (C=O) groups excluding carboxylic acids is 2. The molecule has 0 bridgehead atoms. The lowest BCUT2D eigenvalue weighted by molar-refractivity contribution is -0.143. The second-order valence-electron chi connectivity index (χ2n) is 8.79. The summed E-state index contributed by atoms with van der Waals surface area (Å²) in [5, 5.41) is 0.953. The van der Waals surface area contributed by atoms with Crippen LogP contribution >= 0.6 is 22.6 Å². The fourth-order valence-electron chi connectivity index (χ4n) is 4.17. The highest BCUT2D eigenvalue weighted by atomic mass is 127. The van der Waals surface area contributed by atoms with E-state index in [9.17, 15) is 9.59 Å². The summed E-state index contributed by atoms with van der Waals surface area (Å²) in [5.41, 5.74) is 3.52. The Morgan fingerprint density at radius 3 is 2.18 bits per heavy atom. The third-order valence-electron chi connectivity index (χ3n) is 5.94. The molecule has 0 aliphatic rings. The van der Waals surface area contributed by atoms with Crippen molar-refractivity contribution < 1.29 is 33.0 Å². The third kappa shape index (κ3) is 7.98. The van der Waals surface area contributed by atoms with Crippen molar-refractivity contribution >= 4 is 45.5 Å². The molecule has 0 saturated heterocycles. The first kappa shape index (κ1) is 28.5. The lowest BCUT2D eigenvalue weighted by Gasteiger charge is -2.12. The topological polar surface area (TPSA) is 84.2 Å². The zero-order valence-corrected chi connectivity index (χ0v) is 24.2. The van der Waals surface area contributed by atoms with Gasteiger partial charge in [0.15, 0.2) is 0 Å². The minimum absolute atomic E-state index is 0.150. The number of ether oxygens (including phenoxy) is 4. The average molecular weight is 642 g/mol. The molecular formula is C31H31IO7. The van der Waals surface area contributed by atoms with E-state index in [2.05, 4.69) is 22.6 Å². The van der Waals surface area contributed by atoms with Crippen molar-refractivity contribution in [2.45, 2.75) is 46.3 Å². The Labute approximate surface area is 241 Å². The highest BCUT2D eigenvalue weighted by Crippen LogP contribution is 2.29. The molecule has 7 nitrogen and oxygen atoms in total. The maximum atomic E-state index is 11.9. The lowest BCUT2D eigenvalue weighted by Crippen LogP contribution is -2.09. The van der Waals surface area contributed by atoms with Gasteiger partial charge < -0.3 is 23.4 Å². The highest BCUT2D eigenvalue weighted by Gasteiger charge is 2.14. The summed E-state index contributed by atoms with van der Waals surface area (Å²) in [4.78, 5) is 23.7. The van der Waals surface area contributed by atoms with Gasteiger partial charge in [0.2, 0.25) is 0 Å². The normalized spacial score (nSPS) is 10.8. The van der Waals surface area contributed by atoms with Gasteiger partial charge in [-0.15, -0.1) is 0 Å². The SMILES string of the molecule is CCOC(=O)CCc1ccccc1OCc1cc(I)c2oc(COc3ccccc3CC(=O)OCC)cc2c1. The molecule has 204 valence electrons. The van der Waals surface area contributed by atoms with Crippen LogP contribution in [0.15, 0.2) is 71.1 Å². The van der Waals surface area contributed by atoms with Gasteiger partial charge in [0.1, 0.15) is 36.1 Å². The van der Waals surface area contributed by atoms with Gasteiger partial charge >= 0.3 is 11.9 Å². The summed E-state index contributed by atoms with van der Waals surface area (Å²) in [6.45, 7) is 4.91. The Kier molecular flexibility index (Phi) is 10.2. The zero-order chi connectivity index (χ0) is 27.6. The molecule has 0 spiro atoms. The third-order valence-corrected chi connectivity index (χ3v) is 6.74. The van der Waals surface area contributed by atoms with Gasteiger partial charge in [-0.1, -0.05) is 36.4 Å². The number of fused-ring (bicyclic) bond motifs is 1. The van der Waals surface area contributed by atoms with E-state index >= 15 is 0 Å². The highest BCUT2D eigenvalue weighted by molar-refractivity contribution is 14.1. The molecule has 4 rings (SSSR count). The number of halogens is 1. The van der Waals surface area contributed by atoms with Gasteiger partial charge in [0, 0.05) is 17.4 Å². The van der Waals surface area contributed by atoms with E-state index in [1.807, 2.05) is 66.7 Å². The maximum absolute atomic E-state index is 11.9. The minimum Gasteiger partial charge on any atom is -0.489 e. The van der Waals surface area contributed by atoms with Gasteiger partial charge in [-0.3, -0.25) is 9.59 Å². The van der Waals surface area contributed by atoms with Crippen molar-refractivity contribution in [1.82, 2.24) is 0 Å². The second kappa shape index (κ2) is 14.0. The summed E-state index contributed by atoms with van der Waals surface area (Å²) in [6.07, 6.45) is 1.02. The van der Waals surface area contributed by atoms with Crippen molar-refractivity contribution in [1.29, 1.82) is 0 Å². The van der Waals surface area contributed by atoms with Crippen molar-refractivity contribution in [3.8, 4) is 11.5 Å². The predicted molar refractivity (Wildman–Crippen MR) is 156 cm³/mol. The van der Waals surface area contributed by atoms with Crippen LogP contribution in [-0.2, 0) is 45.1 Å². The Bertz CT molecular complexity index is 1430. The van der Waals surface area contributed by atoms with Crippen LogP contribution in [0.1, 0.15) is 42.7 Å². The molecule has 0 saturated carbocycles. The van der Waals surface area contributed by atoms with Gasteiger partial charge in [-0.2, -0.15) is 0 Å². The van der Waals surface area contributed by atoms with Crippen LogP contribution in [0.5, 0.6) is 11.5 Å².